The van der Waals surface area contributed by atoms with Crippen LogP contribution < -0.4 is 16.0 Å². The molecule has 5 rings (SSSR count). The lowest BCUT2D eigenvalue weighted by Gasteiger charge is -2.20. The Morgan fingerprint density at radius 1 is 1.18 bits per heavy atom. The molecule has 174 valence electrons. The van der Waals surface area contributed by atoms with Gasteiger partial charge in [0.05, 0.1) is 16.6 Å². The Labute approximate surface area is 207 Å². The maximum absolute atomic E-state index is 13.7. The van der Waals surface area contributed by atoms with Gasteiger partial charge in [0, 0.05) is 28.1 Å². The van der Waals surface area contributed by atoms with Crippen molar-refractivity contribution in [3.05, 3.63) is 81.3 Å². The topological polar surface area (TPSA) is 61.9 Å². The molecule has 0 radical (unpaired) electrons. The van der Waals surface area contributed by atoms with Crippen molar-refractivity contribution < 1.29 is 4.39 Å². The summed E-state index contributed by atoms with van der Waals surface area (Å²) in [6.45, 7) is 3.94. The average molecular weight is 494 g/mol. The van der Waals surface area contributed by atoms with Crippen LogP contribution in [0, 0.1) is 5.82 Å². The Morgan fingerprint density at radius 3 is 2.82 bits per heavy atom. The Morgan fingerprint density at radius 2 is 2.09 bits per heavy atom. The van der Waals surface area contributed by atoms with Gasteiger partial charge in [-0.15, -0.1) is 11.3 Å². The molecule has 0 fully saturated rings. The highest BCUT2D eigenvalue weighted by molar-refractivity contribution is 7.10. The van der Waals surface area contributed by atoms with Crippen molar-refractivity contribution >= 4 is 56.9 Å². The first-order valence-electron chi connectivity index (χ1n) is 11.3. The van der Waals surface area contributed by atoms with Crippen molar-refractivity contribution in [1.82, 2.24) is 15.3 Å². The van der Waals surface area contributed by atoms with E-state index in [0.717, 1.165) is 48.2 Å². The van der Waals surface area contributed by atoms with E-state index in [0.29, 0.717) is 11.6 Å². The molecule has 1 aliphatic heterocycles. The van der Waals surface area contributed by atoms with Crippen LogP contribution in [0.3, 0.4) is 0 Å². The third-order valence-electron chi connectivity index (χ3n) is 5.92. The normalized spacial score (nSPS) is 14.6. The third-order valence-corrected chi connectivity index (χ3v) is 7.19. The molecule has 0 aliphatic carbocycles. The molecule has 0 saturated carbocycles. The van der Waals surface area contributed by atoms with Crippen LogP contribution in [0.4, 0.5) is 21.8 Å². The first-order valence-corrected chi connectivity index (χ1v) is 12.6. The number of aromatic nitrogens is 2. The zero-order valence-electron chi connectivity index (χ0n) is 18.7. The average Bonchev–Trinajstić information content (AvgIpc) is 3.40. The Kier molecular flexibility index (Phi) is 6.76. The summed E-state index contributed by atoms with van der Waals surface area (Å²) in [6.07, 6.45) is 4.08. The number of thiophene rings is 1. The molecule has 8 heteroatoms. The van der Waals surface area contributed by atoms with Crippen LogP contribution in [0.25, 0.3) is 16.5 Å². The van der Waals surface area contributed by atoms with E-state index in [1.807, 2.05) is 0 Å². The summed E-state index contributed by atoms with van der Waals surface area (Å²) >= 11 is 7.73. The second-order valence-corrected chi connectivity index (χ2v) is 9.54. The van der Waals surface area contributed by atoms with E-state index in [4.69, 9.17) is 21.6 Å². The van der Waals surface area contributed by atoms with Crippen LogP contribution in [0.1, 0.15) is 36.2 Å². The second-order valence-electron chi connectivity index (χ2n) is 8.16. The maximum atomic E-state index is 13.7. The zero-order valence-corrected chi connectivity index (χ0v) is 20.3. The number of rotatable bonds is 7. The molecule has 0 bridgehead atoms. The van der Waals surface area contributed by atoms with Gasteiger partial charge < -0.3 is 16.0 Å². The van der Waals surface area contributed by atoms with Gasteiger partial charge in [0.2, 0.25) is 5.95 Å². The predicted octanol–water partition coefficient (Wildman–Crippen LogP) is 7.17. The number of benzene rings is 2. The van der Waals surface area contributed by atoms with E-state index in [9.17, 15) is 4.39 Å². The van der Waals surface area contributed by atoms with Crippen molar-refractivity contribution in [2.45, 2.75) is 25.8 Å². The number of nitrogens with one attached hydrogen (secondary N) is 3. The SMILES string of the molecule is CC[C@@H](Nc1nc(Nc2ccc(F)c(Cl)c2)nc2c(C3=CCNCC3)cccc12)c1cccs1. The molecule has 2 aromatic carbocycles. The first kappa shape index (κ1) is 22.8. The molecule has 1 aliphatic rings. The lowest BCUT2D eigenvalue weighted by atomic mass is 9.97. The minimum Gasteiger partial charge on any atom is -0.362 e. The zero-order chi connectivity index (χ0) is 23.5. The van der Waals surface area contributed by atoms with Crippen LogP contribution in [0.5, 0.6) is 0 Å². The first-order chi connectivity index (χ1) is 16.6. The van der Waals surface area contributed by atoms with Gasteiger partial charge in [-0.2, -0.15) is 4.98 Å². The van der Waals surface area contributed by atoms with Crippen molar-refractivity contribution in [2.75, 3.05) is 23.7 Å². The van der Waals surface area contributed by atoms with Crippen LogP contribution in [0.2, 0.25) is 5.02 Å². The van der Waals surface area contributed by atoms with Gasteiger partial charge in [0.1, 0.15) is 11.6 Å². The number of nitrogens with zero attached hydrogens (tertiary/aromatic N) is 2. The van der Waals surface area contributed by atoms with Crippen molar-refractivity contribution in [1.29, 1.82) is 0 Å². The number of para-hydroxylation sites is 1. The molecule has 5 nitrogen and oxygen atoms in total. The van der Waals surface area contributed by atoms with Gasteiger partial charge in [-0.05, 0) is 60.7 Å². The van der Waals surface area contributed by atoms with E-state index in [2.05, 4.69) is 64.7 Å². The monoisotopic (exact) mass is 493 g/mol. The van der Waals surface area contributed by atoms with Crippen LogP contribution >= 0.6 is 22.9 Å². The Balaban J connectivity index is 1.62. The molecule has 0 amide bonds. The van der Waals surface area contributed by atoms with Crippen LogP contribution in [-0.4, -0.2) is 23.1 Å². The smallest absolute Gasteiger partial charge is 0.229 e. The molecule has 1 atom stereocenters. The van der Waals surface area contributed by atoms with E-state index in [1.165, 1.54) is 16.5 Å². The largest absolute Gasteiger partial charge is 0.362 e. The van der Waals surface area contributed by atoms with E-state index in [1.54, 1.807) is 23.5 Å². The third kappa shape index (κ3) is 4.78. The fraction of sp³-hybridized carbons (Fsp3) is 0.231. The number of anilines is 3. The van der Waals surface area contributed by atoms with Crippen molar-refractivity contribution in [3.63, 3.8) is 0 Å². The molecule has 0 saturated heterocycles. The number of hydrogen-bond acceptors (Lipinski definition) is 6. The number of halogens is 2. The summed E-state index contributed by atoms with van der Waals surface area (Å²) in [4.78, 5) is 11.0. The van der Waals surface area contributed by atoms with Crippen LogP contribution in [0.15, 0.2) is 60.0 Å². The summed E-state index contributed by atoms with van der Waals surface area (Å²) in [5, 5.41) is 13.3. The molecule has 0 unspecified atom stereocenters. The van der Waals surface area contributed by atoms with Gasteiger partial charge in [-0.3, -0.25) is 0 Å². The van der Waals surface area contributed by atoms with Crippen LogP contribution in [-0.2, 0) is 0 Å². The molecule has 3 heterocycles. The second kappa shape index (κ2) is 10.1. The molecule has 0 spiro atoms. The molecule has 34 heavy (non-hydrogen) atoms. The summed E-state index contributed by atoms with van der Waals surface area (Å²) < 4.78 is 13.7. The highest BCUT2D eigenvalue weighted by Crippen LogP contribution is 2.34. The van der Waals surface area contributed by atoms with Crippen molar-refractivity contribution in [3.8, 4) is 0 Å². The standard InChI is InChI=1S/C26H25ClFN5S/c1-2-22(23-7-4-14-34-23)31-25-19-6-3-5-18(16-10-12-29-13-11-16)24(19)32-26(33-25)30-17-8-9-21(28)20(27)15-17/h3-10,14-15,22,29H,2,11-13H2,1H3,(H2,30,31,32,33)/t22-/m1/s1. The molecular weight excluding hydrogens is 469 g/mol. The molecular formula is C26H25ClFN5S. The van der Waals surface area contributed by atoms with Gasteiger partial charge in [0.25, 0.3) is 0 Å². The van der Waals surface area contributed by atoms with Gasteiger partial charge >= 0.3 is 0 Å². The summed E-state index contributed by atoms with van der Waals surface area (Å²) in [7, 11) is 0. The molecule has 3 N–H and O–H groups in total. The van der Waals surface area contributed by atoms with E-state index < -0.39 is 5.82 Å². The highest BCUT2D eigenvalue weighted by Gasteiger charge is 2.18. The Hall–Kier alpha value is -3.00. The number of hydrogen-bond donors (Lipinski definition) is 3. The minimum atomic E-state index is -0.462. The Bertz CT molecular complexity index is 1340. The molecule has 4 aromatic rings. The van der Waals surface area contributed by atoms with Gasteiger partial charge in [-0.25, -0.2) is 9.37 Å². The fourth-order valence-corrected chi connectivity index (χ4v) is 5.22. The summed E-state index contributed by atoms with van der Waals surface area (Å²) in [5.41, 5.74) is 3.88. The lowest BCUT2D eigenvalue weighted by molar-refractivity contribution is 0.628. The van der Waals surface area contributed by atoms with Gasteiger partial charge in [-0.1, -0.05) is 42.8 Å². The minimum absolute atomic E-state index is 0.0495. The summed E-state index contributed by atoms with van der Waals surface area (Å²) in [6, 6.07) is 15.1. The highest BCUT2D eigenvalue weighted by atomic mass is 35.5. The quantitative estimate of drug-likeness (QED) is 0.255. The van der Waals surface area contributed by atoms with E-state index in [-0.39, 0.29) is 11.1 Å². The summed E-state index contributed by atoms with van der Waals surface area (Å²) in [5.74, 6) is 0.730. The van der Waals surface area contributed by atoms with Gasteiger partial charge in [0.15, 0.2) is 0 Å². The predicted molar refractivity (Wildman–Crippen MR) is 141 cm³/mol. The van der Waals surface area contributed by atoms with E-state index >= 15 is 0 Å². The maximum Gasteiger partial charge on any atom is 0.229 e. The lowest BCUT2D eigenvalue weighted by Crippen LogP contribution is -2.20. The fourth-order valence-electron chi connectivity index (χ4n) is 4.18. The molecule has 2 aromatic heterocycles. The van der Waals surface area contributed by atoms with Crippen molar-refractivity contribution in [2.24, 2.45) is 0 Å². The number of fused-ring (bicyclic) bond motifs is 1.